The molecule has 12 heavy (non-hydrogen) atoms. The topological polar surface area (TPSA) is 61.0 Å². The minimum absolute atomic E-state index is 0.110. The summed E-state index contributed by atoms with van der Waals surface area (Å²) in [6, 6.07) is 1.72. The Balaban J connectivity index is 2.95. The fourth-order valence-corrected chi connectivity index (χ4v) is 0.792. The van der Waals surface area contributed by atoms with Gasteiger partial charge in [-0.3, -0.25) is 14.8 Å². The zero-order chi connectivity index (χ0) is 9.14. The maximum atomic E-state index is 10.2. The van der Waals surface area contributed by atoms with Gasteiger partial charge in [-0.15, -0.1) is 0 Å². The summed E-state index contributed by atoms with van der Waals surface area (Å²) >= 11 is 0. The van der Waals surface area contributed by atoms with Crippen LogP contribution in [0.5, 0.6) is 0 Å². The van der Waals surface area contributed by atoms with E-state index in [1.807, 2.05) is 0 Å². The number of aryl methyl sites for hydroxylation is 1. The van der Waals surface area contributed by atoms with E-state index in [2.05, 4.69) is 5.10 Å². The Morgan fingerprint density at radius 1 is 1.83 bits per heavy atom. The van der Waals surface area contributed by atoms with Crippen molar-refractivity contribution in [2.75, 3.05) is 0 Å². The van der Waals surface area contributed by atoms with Crippen molar-refractivity contribution < 1.29 is 4.92 Å². The Hall–Kier alpha value is -1.65. The number of allylic oxidation sites excluding steroid dienone is 1. The van der Waals surface area contributed by atoms with E-state index in [1.165, 1.54) is 13.0 Å². The van der Waals surface area contributed by atoms with Crippen molar-refractivity contribution >= 4 is 6.08 Å². The zero-order valence-corrected chi connectivity index (χ0v) is 6.89. The van der Waals surface area contributed by atoms with Gasteiger partial charge in [0.15, 0.2) is 0 Å². The summed E-state index contributed by atoms with van der Waals surface area (Å²) in [5, 5.41) is 14.1. The van der Waals surface area contributed by atoms with E-state index < -0.39 is 4.92 Å². The van der Waals surface area contributed by atoms with Crippen LogP contribution in [0.2, 0.25) is 0 Å². The Morgan fingerprint density at radius 3 is 2.92 bits per heavy atom. The van der Waals surface area contributed by atoms with E-state index in [9.17, 15) is 10.1 Å². The molecule has 0 aliphatic carbocycles. The van der Waals surface area contributed by atoms with E-state index in [-0.39, 0.29) is 5.70 Å². The summed E-state index contributed by atoms with van der Waals surface area (Å²) < 4.78 is 1.58. The van der Waals surface area contributed by atoms with Gasteiger partial charge in [0.1, 0.15) is 0 Å². The molecule has 0 radical (unpaired) electrons. The lowest BCUT2D eigenvalue weighted by Gasteiger charge is -1.93. The van der Waals surface area contributed by atoms with Gasteiger partial charge in [0.25, 0.3) is 0 Å². The second-order valence-corrected chi connectivity index (χ2v) is 2.42. The fraction of sp³-hybridized carbons (Fsp3) is 0.286. The number of hydrogen-bond donors (Lipinski definition) is 0. The average Bonchev–Trinajstić information content (AvgIpc) is 2.36. The summed E-state index contributed by atoms with van der Waals surface area (Å²) in [6.45, 7) is 1.45. The van der Waals surface area contributed by atoms with Crippen LogP contribution >= 0.6 is 0 Å². The van der Waals surface area contributed by atoms with Crippen molar-refractivity contribution in [3.8, 4) is 0 Å². The van der Waals surface area contributed by atoms with Crippen LogP contribution in [-0.4, -0.2) is 14.7 Å². The third-order valence-electron chi connectivity index (χ3n) is 1.50. The Kier molecular flexibility index (Phi) is 2.23. The second kappa shape index (κ2) is 3.17. The number of nitrogens with zero attached hydrogens (tertiary/aromatic N) is 3. The van der Waals surface area contributed by atoms with Gasteiger partial charge in [0.2, 0.25) is 5.70 Å². The molecule has 0 aromatic carbocycles. The van der Waals surface area contributed by atoms with Crippen molar-refractivity contribution in [2.45, 2.75) is 6.92 Å². The third-order valence-corrected chi connectivity index (χ3v) is 1.50. The Morgan fingerprint density at radius 2 is 2.50 bits per heavy atom. The number of rotatable bonds is 2. The van der Waals surface area contributed by atoms with Crippen LogP contribution < -0.4 is 0 Å². The standard InChI is InChI=1S/C7H9N3O2/c1-6(10(11)12)5-7-3-4-8-9(7)2/h3-5H,1-2H3. The first-order valence-corrected chi connectivity index (χ1v) is 3.42. The van der Waals surface area contributed by atoms with Crippen LogP contribution in [0.4, 0.5) is 0 Å². The van der Waals surface area contributed by atoms with Gasteiger partial charge in [-0.05, 0) is 6.07 Å². The van der Waals surface area contributed by atoms with Gasteiger partial charge in [0.05, 0.1) is 10.6 Å². The molecule has 0 unspecified atom stereocenters. The molecule has 1 heterocycles. The molecule has 0 saturated carbocycles. The first-order chi connectivity index (χ1) is 5.61. The van der Waals surface area contributed by atoms with Gasteiger partial charge < -0.3 is 0 Å². The second-order valence-electron chi connectivity index (χ2n) is 2.42. The highest BCUT2D eigenvalue weighted by Gasteiger charge is 2.03. The van der Waals surface area contributed by atoms with E-state index in [4.69, 9.17) is 0 Å². The van der Waals surface area contributed by atoms with Crippen LogP contribution in [0.1, 0.15) is 12.6 Å². The first kappa shape index (κ1) is 8.45. The van der Waals surface area contributed by atoms with Gasteiger partial charge in [-0.1, -0.05) is 0 Å². The summed E-state index contributed by atoms with van der Waals surface area (Å²) in [5.41, 5.74) is 0.836. The number of hydrogen-bond acceptors (Lipinski definition) is 3. The highest BCUT2D eigenvalue weighted by molar-refractivity contribution is 5.45. The average molecular weight is 167 g/mol. The molecule has 5 nitrogen and oxygen atoms in total. The maximum absolute atomic E-state index is 10.2. The van der Waals surface area contributed by atoms with Crippen LogP contribution in [0.15, 0.2) is 18.0 Å². The Bertz CT molecular complexity index is 327. The lowest BCUT2D eigenvalue weighted by molar-refractivity contribution is -0.422. The molecule has 0 fully saturated rings. The van der Waals surface area contributed by atoms with Crippen molar-refractivity contribution in [3.05, 3.63) is 33.8 Å². The predicted octanol–water partition coefficient (Wildman–Crippen LogP) is 1.06. The van der Waals surface area contributed by atoms with Crippen molar-refractivity contribution in [1.29, 1.82) is 0 Å². The van der Waals surface area contributed by atoms with Gasteiger partial charge >= 0.3 is 0 Å². The normalized spacial score (nSPS) is 11.7. The summed E-state index contributed by atoms with van der Waals surface area (Å²) in [7, 11) is 1.74. The largest absolute Gasteiger partial charge is 0.268 e. The highest BCUT2D eigenvalue weighted by Crippen LogP contribution is 2.04. The molecule has 1 rings (SSSR count). The predicted molar refractivity (Wildman–Crippen MR) is 43.9 cm³/mol. The maximum Gasteiger partial charge on any atom is 0.245 e. The highest BCUT2D eigenvalue weighted by atomic mass is 16.6. The van der Waals surface area contributed by atoms with Gasteiger partial charge in [-0.25, -0.2) is 0 Å². The van der Waals surface area contributed by atoms with Crippen molar-refractivity contribution in [2.24, 2.45) is 7.05 Å². The first-order valence-electron chi connectivity index (χ1n) is 3.42. The lowest BCUT2D eigenvalue weighted by atomic mass is 10.3. The van der Waals surface area contributed by atoms with E-state index in [1.54, 1.807) is 24.0 Å². The van der Waals surface area contributed by atoms with Crippen LogP contribution in [0.25, 0.3) is 6.08 Å². The summed E-state index contributed by atoms with van der Waals surface area (Å²) in [6.07, 6.45) is 3.08. The smallest absolute Gasteiger partial charge is 0.245 e. The lowest BCUT2D eigenvalue weighted by Crippen LogP contribution is -1.97. The molecule has 1 aromatic heterocycles. The van der Waals surface area contributed by atoms with Gasteiger partial charge in [0, 0.05) is 26.2 Å². The summed E-state index contributed by atoms with van der Waals surface area (Å²) in [5.74, 6) is 0. The SMILES string of the molecule is CC(=Cc1ccnn1C)[N+](=O)[O-]. The molecule has 0 spiro atoms. The molecule has 64 valence electrons. The van der Waals surface area contributed by atoms with Crippen molar-refractivity contribution in [3.63, 3.8) is 0 Å². The molecular weight excluding hydrogens is 158 g/mol. The molecule has 0 amide bonds. The van der Waals surface area contributed by atoms with Crippen LogP contribution in [0, 0.1) is 10.1 Å². The van der Waals surface area contributed by atoms with Crippen LogP contribution in [0.3, 0.4) is 0 Å². The molecule has 0 aliphatic rings. The van der Waals surface area contributed by atoms with Gasteiger partial charge in [-0.2, -0.15) is 5.10 Å². The quantitative estimate of drug-likeness (QED) is 0.488. The molecule has 0 saturated heterocycles. The van der Waals surface area contributed by atoms with Crippen molar-refractivity contribution in [1.82, 2.24) is 9.78 Å². The molecule has 0 N–H and O–H groups in total. The van der Waals surface area contributed by atoms with Crippen LogP contribution in [-0.2, 0) is 7.05 Å². The molecule has 1 aromatic rings. The van der Waals surface area contributed by atoms with E-state index >= 15 is 0 Å². The fourth-order valence-electron chi connectivity index (χ4n) is 0.792. The number of nitro groups is 1. The number of aromatic nitrogens is 2. The molecule has 0 atom stereocenters. The minimum Gasteiger partial charge on any atom is -0.268 e. The van der Waals surface area contributed by atoms with E-state index in [0.717, 1.165) is 5.69 Å². The Labute approximate surface area is 69.5 Å². The zero-order valence-electron chi connectivity index (χ0n) is 6.89. The van der Waals surface area contributed by atoms with E-state index in [0.29, 0.717) is 0 Å². The molecule has 0 aliphatic heterocycles. The third kappa shape index (κ3) is 1.69. The molecule has 5 heteroatoms. The minimum atomic E-state index is -0.424. The summed E-state index contributed by atoms with van der Waals surface area (Å²) in [4.78, 5) is 9.82. The molecular formula is C7H9N3O2. The monoisotopic (exact) mass is 167 g/mol. The molecule has 0 bridgehead atoms.